The summed E-state index contributed by atoms with van der Waals surface area (Å²) in [6, 6.07) is 4.06. The van der Waals surface area contributed by atoms with Gasteiger partial charge in [0.05, 0.1) is 12.7 Å². The minimum atomic E-state index is -0.923. The fourth-order valence-electron chi connectivity index (χ4n) is 1.22. The first kappa shape index (κ1) is 10.3. The number of aliphatic hydroxyl groups is 1. The van der Waals surface area contributed by atoms with Crippen molar-refractivity contribution in [1.29, 1.82) is 0 Å². The first-order chi connectivity index (χ1) is 7.05. The molecule has 0 aliphatic rings. The van der Waals surface area contributed by atoms with Crippen molar-refractivity contribution in [2.45, 2.75) is 26.0 Å². The van der Waals surface area contributed by atoms with Crippen LogP contribution in [0.15, 0.2) is 23.7 Å². The van der Waals surface area contributed by atoms with Crippen molar-refractivity contribution in [3.8, 4) is 0 Å². The largest absolute Gasteiger partial charge is 0.384 e. The van der Waals surface area contributed by atoms with E-state index < -0.39 is 5.60 Å². The maximum absolute atomic E-state index is 9.72. The molecule has 0 saturated carbocycles. The molecule has 0 unspecified atom stereocenters. The summed E-state index contributed by atoms with van der Waals surface area (Å²) in [4.78, 5) is 1.22. The van der Waals surface area contributed by atoms with E-state index in [2.05, 4.69) is 16.4 Å². The van der Waals surface area contributed by atoms with Gasteiger partial charge in [-0.25, -0.2) is 4.68 Å². The molecule has 0 aromatic carbocycles. The second kappa shape index (κ2) is 3.75. The summed E-state index contributed by atoms with van der Waals surface area (Å²) in [6.07, 6.45) is 1.78. The van der Waals surface area contributed by atoms with Gasteiger partial charge in [0.1, 0.15) is 11.3 Å². The Balaban J connectivity index is 2.15. The van der Waals surface area contributed by atoms with Gasteiger partial charge in [-0.1, -0.05) is 11.3 Å². The van der Waals surface area contributed by atoms with Gasteiger partial charge in [-0.3, -0.25) is 0 Å². The quantitative estimate of drug-likeness (QED) is 0.860. The van der Waals surface area contributed by atoms with Gasteiger partial charge in [0, 0.05) is 4.88 Å². The summed E-state index contributed by atoms with van der Waals surface area (Å²) in [5, 5.41) is 19.7. The van der Waals surface area contributed by atoms with Crippen LogP contribution in [-0.2, 0) is 12.1 Å². The van der Waals surface area contributed by atoms with Crippen molar-refractivity contribution in [2.24, 2.45) is 0 Å². The Kier molecular flexibility index (Phi) is 2.58. The second-order valence-corrected chi connectivity index (χ2v) is 4.97. The third kappa shape index (κ3) is 2.43. The maximum atomic E-state index is 9.72. The van der Waals surface area contributed by atoms with Crippen molar-refractivity contribution < 1.29 is 5.11 Å². The van der Waals surface area contributed by atoms with Gasteiger partial charge >= 0.3 is 0 Å². The standard InChI is InChI=1S/C10H13N3OS/c1-10(2,14)9-7-13(12-11-9)6-8-4-3-5-15-8/h3-5,7,14H,6H2,1-2H3. The van der Waals surface area contributed by atoms with Crippen LogP contribution >= 0.6 is 11.3 Å². The summed E-state index contributed by atoms with van der Waals surface area (Å²) in [5.74, 6) is 0. The zero-order chi connectivity index (χ0) is 10.9. The molecule has 2 aromatic heterocycles. The molecule has 0 fully saturated rings. The minimum absolute atomic E-state index is 0.596. The molecule has 0 amide bonds. The van der Waals surface area contributed by atoms with Crippen molar-refractivity contribution in [2.75, 3.05) is 0 Å². The first-order valence-corrected chi connectivity index (χ1v) is 5.59. The fourth-order valence-corrected chi connectivity index (χ4v) is 1.91. The average molecular weight is 223 g/mol. The Bertz CT molecular complexity index is 428. The predicted molar refractivity (Wildman–Crippen MR) is 58.7 cm³/mol. The van der Waals surface area contributed by atoms with Crippen molar-refractivity contribution in [1.82, 2.24) is 15.0 Å². The lowest BCUT2D eigenvalue weighted by molar-refractivity contribution is 0.0737. The van der Waals surface area contributed by atoms with Crippen LogP contribution in [0.4, 0.5) is 0 Å². The van der Waals surface area contributed by atoms with Crippen molar-refractivity contribution in [3.05, 3.63) is 34.3 Å². The molecule has 0 saturated heterocycles. The monoisotopic (exact) mass is 223 g/mol. The number of thiophene rings is 1. The molecule has 0 aliphatic carbocycles. The maximum Gasteiger partial charge on any atom is 0.114 e. The van der Waals surface area contributed by atoms with Crippen LogP contribution in [0.1, 0.15) is 24.4 Å². The zero-order valence-corrected chi connectivity index (χ0v) is 9.53. The van der Waals surface area contributed by atoms with Crippen LogP contribution in [0.3, 0.4) is 0 Å². The van der Waals surface area contributed by atoms with E-state index in [4.69, 9.17) is 0 Å². The second-order valence-electron chi connectivity index (χ2n) is 3.94. The minimum Gasteiger partial charge on any atom is -0.384 e. The SMILES string of the molecule is CC(C)(O)c1cn(Cc2cccs2)nn1. The molecule has 0 aliphatic heterocycles. The Morgan fingerprint density at radius 3 is 2.87 bits per heavy atom. The molecule has 15 heavy (non-hydrogen) atoms. The molecule has 2 heterocycles. The molecule has 2 aromatic rings. The van der Waals surface area contributed by atoms with Gasteiger partial charge in [0.25, 0.3) is 0 Å². The molecule has 4 nitrogen and oxygen atoms in total. The summed E-state index contributed by atoms with van der Waals surface area (Å²) in [7, 11) is 0. The van der Waals surface area contributed by atoms with Crippen LogP contribution < -0.4 is 0 Å². The summed E-state index contributed by atoms with van der Waals surface area (Å²) >= 11 is 1.68. The van der Waals surface area contributed by atoms with E-state index in [1.54, 1.807) is 36.1 Å². The smallest absolute Gasteiger partial charge is 0.114 e. The lowest BCUT2D eigenvalue weighted by Gasteiger charge is -2.11. The van der Waals surface area contributed by atoms with Crippen molar-refractivity contribution in [3.63, 3.8) is 0 Å². The van der Waals surface area contributed by atoms with E-state index in [-0.39, 0.29) is 0 Å². The van der Waals surface area contributed by atoms with Gasteiger partial charge in [0.15, 0.2) is 0 Å². The molecule has 1 N–H and O–H groups in total. The van der Waals surface area contributed by atoms with Crippen LogP contribution in [0.25, 0.3) is 0 Å². The first-order valence-electron chi connectivity index (χ1n) is 4.71. The van der Waals surface area contributed by atoms with Crippen molar-refractivity contribution >= 4 is 11.3 Å². The lowest BCUT2D eigenvalue weighted by Crippen LogP contribution is -2.15. The number of nitrogens with zero attached hydrogens (tertiary/aromatic N) is 3. The Hall–Kier alpha value is -1.20. The highest BCUT2D eigenvalue weighted by molar-refractivity contribution is 7.09. The molecule has 80 valence electrons. The third-order valence-electron chi connectivity index (χ3n) is 2.06. The molecule has 5 heteroatoms. The van der Waals surface area contributed by atoms with Gasteiger partial charge in [-0.15, -0.1) is 16.4 Å². The van der Waals surface area contributed by atoms with E-state index in [0.29, 0.717) is 12.2 Å². The van der Waals surface area contributed by atoms with E-state index in [9.17, 15) is 5.11 Å². The molecule has 2 rings (SSSR count). The fraction of sp³-hybridized carbons (Fsp3) is 0.400. The highest BCUT2D eigenvalue weighted by atomic mass is 32.1. The number of rotatable bonds is 3. The highest BCUT2D eigenvalue weighted by Gasteiger charge is 2.19. The molecular weight excluding hydrogens is 210 g/mol. The number of aromatic nitrogens is 3. The lowest BCUT2D eigenvalue weighted by atomic mass is 10.1. The Morgan fingerprint density at radius 1 is 1.53 bits per heavy atom. The van der Waals surface area contributed by atoms with E-state index in [0.717, 1.165) is 0 Å². The normalized spacial score (nSPS) is 11.9. The Morgan fingerprint density at radius 2 is 2.33 bits per heavy atom. The zero-order valence-electron chi connectivity index (χ0n) is 8.71. The van der Waals surface area contributed by atoms with E-state index >= 15 is 0 Å². The van der Waals surface area contributed by atoms with Gasteiger partial charge < -0.3 is 5.11 Å². The molecule has 0 radical (unpaired) electrons. The predicted octanol–water partition coefficient (Wildman–Crippen LogP) is 1.62. The van der Waals surface area contributed by atoms with Gasteiger partial charge in [-0.2, -0.15) is 0 Å². The van der Waals surface area contributed by atoms with Crippen LogP contribution in [0.2, 0.25) is 0 Å². The van der Waals surface area contributed by atoms with Crippen LogP contribution in [0, 0.1) is 0 Å². The summed E-state index contributed by atoms with van der Waals surface area (Å²) in [6.45, 7) is 4.11. The van der Waals surface area contributed by atoms with Gasteiger partial charge in [0.2, 0.25) is 0 Å². The number of hydrogen-bond donors (Lipinski definition) is 1. The highest BCUT2D eigenvalue weighted by Crippen LogP contribution is 2.16. The molecule has 0 bridgehead atoms. The topological polar surface area (TPSA) is 50.9 Å². The summed E-state index contributed by atoms with van der Waals surface area (Å²) < 4.78 is 1.74. The summed E-state index contributed by atoms with van der Waals surface area (Å²) in [5.41, 5.74) is -0.327. The third-order valence-corrected chi connectivity index (χ3v) is 2.92. The molecule has 0 spiro atoms. The van der Waals surface area contributed by atoms with E-state index in [1.807, 2.05) is 11.4 Å². The van der Waals surface area contributed by atoms with Crippen LogP contribution in [0.5, 0.6) is 0 Å². The Labute approximate surface area is 92.2 Å². The number of hydrogen-bond acceptors (Lipinski definition) is 4. The molecule has 0 atom stereocenters. The average Bonchev–Trinajstić information content (AvgIpc) is 2.73. The molecular formula is C10H13N3OS. The van der Waals surface area contributed by atoms with Crippen LogP contribution in [-0.4, -0.2) is 20.1 Å². The van der Waals surface area contributed by atoms with Gasteiger partial charge in [-0.05, 0) is 25.3 Å². The van der Waals surface area contributed by atoms with E-state index in [1.165, 1.54) is 4.88 Å².